The fourth-order valence-corrected chi connectivity index (χ4v) is 1.39. The van der Waals surface area contributed by atoms with Crippen molar-refractivity contribution in [1.82, 2.24) is 0 Å². The highest BCUT2D eigenvalue weighted by Crippen LogP contribution is 2.17. The maximum absolute atomic E-state index is 11.1. The molecule has 0 bridgehead atoms. The van der Waals surface area contributed by atoms with Gasteiger partial charge in [-0.3, -0.25) is 0 Å². The van der Waals surface area contributed by atoms with Crippen molar-refractivity contribution < 1.29 is 8.62 Å². The van der Waals surface area contributed by atoms with Crippen LogP contribution in [-0.2, 0) is 3.83 Å². The zero-order chi connectivity index (χ0) is 9.14. The highest BCUT2D eigenvalue weighted by Gasteiger charge is 2.09. The van der Waals surface area contributed by atoms with Crippen LogP contribution in [0.1, 0.15) is 15.9 Å². The van der Waals surface area contributed by atoms with E-state index in [1.807, 2.05) is 19.1 Å². The minimum atomic E-state index is -0.381. The van der Waals surface area contributed by atoms with E-state index >= 15 is 0 Å². The number of carbonyl (C=O) groups excluding carboxylic acids is 1. The molecule has 2 nitrogen and oxygen atoms in total. The molecule has 0 aromatic heterocycles. The lowest BCUT2D eigenvalue weighted by molar-refractivity contribution is 0.0781. The molecule has 0 unspecified atom stereocenters. The highest BCUT2D eigenvalue weighted by molar-refractivity contribution is 9.10. The van der Waals surface area contributed by atoms with Crippen molar-refractivity contribution >= 4 is 38.2 Å². The van der Waals surface area contributed by atoms with Crippen molar-refractivity contribution in [1.29, 1.82) is 0 Å². The maximum atomic E-state index is 11.1. The lowest BCUT2D eigenvalue weighted by atomic mass is 10.1. The van der Waals surface area contributed by atoms with Crippen molar-refractivity contribution in [3.63, 3.8) is 0 Å². The number of hydrogen-bond donors (Lipinski definition) is 0. The first-order chi connectivity index (χ1) is 5.65. The maximum Gasteiger partial charge on any atom is 0.349 e. The summed E-state index contributed by atoms with van der Waals surface area (Å²) in [6.45, 7) is 1.85. The third-order valence-corrected chi connectivity index (χ3v) is 2.28. The van der Waals surface area contributed by atoms with Gasteiger partial charge in [0.15, 0.2) is 16.3 Å². The van der Waals surface area contributed by atoms with Gasteiger partial charge < -0.3 is 3.83 Å². The van der Waals surface area contributed by atoms with Gasteiger partial charge in [-0.05, 0) is 24.6 Å². The SMILES string of the molecule is Cc1ccc(Br)cc1C(=O)OBr. The molecule has 1 aromatic rings. The molecule has 0 N–H and O–H groups in total. The van der Waals surface area contributed by atoms with Crippen LogP contribution >= 0.6 is 32.2 Å². The van der Waals surface area contributed by atoms with Crippen LogP contribution in [0.5, 0.6) is 0 Å². The number of halogens is 2. The van der Waals surface area contributed by atoms with E-state index in [2.05, 4.69) is 36.0 Å². The lowest BCUT2D eigenvalue weighted by Gasteiger charge is -2.01. The van der Waals surface area contributed by atoms with Gasteiger partial charge in [-0.15, -0.1) is 0 Å². The molecule has 0 radical (unpaired) electrons. The van der Waals surface area contributed by atoms with Gasteiger partial charge in [0.1, 0.15) is 0 Å². The Labute approximate surface area is 87.5 Å². The Bertz CT molecular complexity index is 310. The summed E-state index contributed by atoms with van der Waals surface area (Å²) in [6.07, 6.45) is 0. The van der Waals surface area contributed by atoms with Gasteiger partial charge >= 0.3 is 5.97 Å². The van der Waals surface area contributed by atoms with Gasteiger partial charge in [-0.25, -0.2) is 4.79 Å². The number of rotatable bonds is 1. The second-order valence-electron chi connectivity index (χ2n) is 2.32. The third-order valence-electron chi connectivity index (χ3n) is 1.49. The van der Waals surface area contributed by atoms with E-state index in [-0.39, 0.29) is 5.97 Å². The van der Waals surface area contributed by atoms with Crippen molar-refractivity contribution in [2.45, 2.75) is 6.92 Å². The van der Waals surface area contributed by atoms with E-state index in [1.54, 1.807) is 6.07 Å². The molecule has 1 aromatic carbocycles. The topological polar surface area (TPSA) is 26.3 Å². The Morgan fingerprint density at radius 2 is 2.17 bits per heavy atom. The predicted octanol–water partition coefficient (Wildman–Crippen LogP) is 3.22. The Kier molecular flexibility index (Phi) is 3.29. The van der Waals surface area contributed by atoms with Crippen molar-refractivity contribution in [2.75, 3.05) is 0 Å². The molecule has 12 heavy (non-hydrogen) atoms. The summed E-state index contributed by atoms with van der Waals surface area (Å²) in [4.78, 5) is 11.1. The van der Waals surface area contributed by atoms with Crippen LogP contribution in [0.4, 0.5) is 0 Å². The van der Waals surface area contributed by atoms with E-state index in [4.69, 9.17) is 0 Å². The van der Waals surface area contributed by atoms with Crippen LogP contribution in [0.3, 0.4) is 0 Å². The lowest BCUT2D eigenvalue weighted by Crippen LogP contribution is -2.00. The summed E-state index contributed by atoms with van der Waals surface area (Å²) in [5.41, 5.74) is 1.45. The number of hydrogen-bond acceptors (Lipinski definition) is 2. The van der Waals surface area contributed by atoms with Gasteiger partial charge in [0.05, 0.1) is 5.56 Å². The molecule has 0 heterocycles. The van der Waals surface area contributed by atoms with Crippen molar-refractivity contribution in [3.05, 3.63) is 33.8 Å². The summed E-state index contributed by atoms with van der Waals surface area (Å²) in [5.74, 6) is -0.381. The van der Waals surface area contributed by atoms with Gasteiger partial charge in [0.2, 0.25) is 0 Å². The second-order valence-corrected chi connectivity index (χ2v) is 3.56. The zero-order valence-electron chi connectivity index (χ0n) is 6.30. The van der Waals surface area contributed by atoms with Crippen LogP contribution in [-0.4, -0.2) is 5.97 Å². The average Bonchev–Trinajstić information content (AvgIpc) is 2.08. The number of carbonyl (C=O) groups is 1. The van der Waals surface area contributed by atoms with Crippen LogP contribution < -0.4 is 0 Å². The summed E-state index contributed by atoms with van der Waals surface area (Å²) in [6, 6.07) is 5.45. The summed E-state index contributed by atoms with van der Waals surface area (Å²) >= 11 is 5.92. The molecule has 64 valence electrons. The Hall–Kier alpha value is -0.350. The first-order valence-corrected chi connectivity index (χ1v) is 4.68. The van der Waals surface area contributed by atoms with E-state index < -0.39 is 0 Å². The third kappa shape index (κ3) is 2.08. The normalized spacial score (nSPS) is 9.58. The molecule has 0 amide bonds. The minimum Gasteiger partial charge on any atom is -0.380 e. The van der Waals surface area contributed by atoms with E-state index in [0.29, 0.717) is 5.56 Å². The fourth-order valence-electron chi connectivity index (χ4n) is 0.856. The molecule has 0 saturated carbocycles. The molecule has 0 fully saturated rings. The Morgan fingerprint density at radius 3 is 2.75 bits per heavy atom. The average molecular weight is 294 g/mol. The molecule has 0 spiro atoms. The monoisotopic (exact) mass is 292 g/mol. The first kappa shape index (κ1) is 9.74. The Balaban J connectivity index is 3.13. The Morgan fingerprint density at radius 1 is 1.50 bits per heavy atom. The van der Waals surface area contributed by atoms with Crippen LogP contribution in [0.15, 0.2) is 22.7 Å². The predicted molar refractivity (Wildman–Crippen MR) is 53.2 cm³/mol. The van der Waals surface area contributed by atoms with Gasteiger partial charge in [0.25, 0.3) is 0 Å². The molecule has 0 saturated heterocycles. The second kappa shape index (κ2) is 4.05. The van der Waals surface area contributed by atoms with Crippen LogP contribution in [0.2, 0.25) is 0 Å². The van der Waals surface area contributed by atoms with Gasteiger partial charge in [-0.1, -0.05) is 22.0 Å². The van der Waals surface area contributed by atoms with Crippen molar-refractivity contribution in [2.24, 2.45) is 0 Å². The molecule has 0 atom stereocenters. The largest absolute Gasteiger partial charge is 0.380 e. The fraction of sp³-hybridized carbons (Fsp3) is 0.125. The molecular formula is C8H6Br2O2. The molecule has 0 aliphatic rings. The molecule has 0 aliphatic heterocycles. The van der Waals surface area contributed by atoms with Gasteiger partial charge in [0, 0.05) is 4.47 Å². The smallest absolute Gasteiger partial charge is 0.349 e. The molecule has 1 rings (SSSR count). The standard InChI is InChI=1S/C8H6Br2O2/c1-5-2-3-6(9)4-7(5)8(11)12-10/h2-4H,1H3. The molecule has 4 heteroatoms. The first-order valence-electron chi connectivity index (χ1n) is 3.24. The van der Waals surface area contributed by atoms with E-state index in [9.17, 15) is 4.79 Å². The summed E-state index contributed by atoms with van der Waals surface area (Å²) in [7, 11) is 0. The molecule has 0 aliphatic carbocycles. The minimum absolute atomic E-state index is 0.381. The van der Waals surface area contributed by atoms with Crippen LogP contribution in [0.25, 0.3) is 0 Å². The summed E-state index contributed by atoms with van der Waals surface area (Å²) < 4.78 is 5.29. The van der Waals surface area contributed by atoms with Gasteiger partial charge in [-0.2, -0.15) is 0 Å². The number of benzene rings is 1. The van der Waals surface area contributed by atoms with Crippen molar-refractivity contribution in [3.8, 4) is 0 Å². The van der Waals surface area contributed by atoms with E-state index in [1.165, 1.54) is 0 Å². The number of aryl methyl sites for hydroxylation is 1. The summed E-state index contributed by atoms with van der Waals surface area (Å²) in [5, 5.41) is 0. The van der Waals surface area contributed by atoms with E-state index in [0.717, 1.165) is 10.0 Å². The molecular weight excluding hydrogens is 288 g/mol. The zero-order valence-corrected chi connectivity index (χ0v) is 9.48. The van der Waals surface area contributed by atoms with Crippen LogP contribution in [0, 0.1) is 6.92 Å². The quantitative estimate of drug-likeness (QED) is 0.795. The highest BCUT2D eigenvalue weighted by atomic mass is 79.9.